The van der Waals surface area contributed by atoms with E-state index < -0.39 is 12.1 Å². The number of nitrogens with zero attached hydrogens (tertiary/aromatic N) is 2. The van der Waals surface area contributed by atoms with Crippen LogP contribution in [0.25, 0.3) is 0 Å². The van der Waals surface area contributed by atoms with Crippen molar-refractivity contribution in [2.75, 3.05) is 0 Å². The van der Waals surface area contributed by atoms with Crippen molar-refractivity contribution < 1.29 is 14.4 Å². The van der Waals surface area contributed by atoms with Gasteiger partial charge in [0.2, 0.25) is 0 Å². The van der Waals surface area contributed by atoms with Gasteiger partial charge < -0.3 is 15.3 Å². The minimum Gasteiger partial charge on any atom is -0.479 e. The highest BCUT2D eigenvalue weighted by atomic mass is 16.7. The van der Waals surface area contributed by atoms with Gasteiger partial charge in [-0.1, -0.05) is 29.4 Å². The van der Waals surface area contributed by atoms with Gasteiger partial charge in [0.1, 0.15) is 11.4 Å². The number of aromatic nitrogens is 1. The third-order valence-electron chi connectivity index (χ3n) is 2.89. The fraction of sp³-hybridized carbons (Fsp3) is 0.188. The van der Waals surface area contributed by atoms with E-state index in [-0.39, 0.29) is 5.84 Å². The molecule has 0 fully saturated rings. The Morgan fingerprint density at radius 2 is 1.95 bits per heavy atom. The molecule has 0 amide bonds. The molecule has 6 heteroatoms. The summed E-state index contributed by atoms with van der Waals surface area (Å²) in [5, 5.41) is 3.58. The summed E-state index contributed by atoms with van der Waals surface area (Å²) in [5.74, 6) is 0.00723. The largest absolute Gasteiger partial charge is 0.479 e. The molecule has 114 valence electrons. The van der Waals surface area contributed by atoms with Gasteiger partial charge in [0.15, 0.2) is 11.9 Å². The van der Waals surface area contributed by atoms with Crippen molar-refractivity contribution >= 4 is 11.8 Å². The van der Waals surface area contributed by atoms with E-state index in [0.29, 0.717) is 11.4 Å². The van der Waals surface area contributed by atoms with Gasteiger partial charge in [-0.2, -0.15) is 0 Å². The lowest BCUT2D eigenvalue weighted by Gasteiger charge is -2.13. The van der Waals surface area contributed by atoms with Crippen LogP contribution in [0.15, 0.2) is 53.8 Å². The predicted molar refractivity (Wildman–Crippen MR) is 82.3 cm³/mol. The second-order valence-electron chi connectivity index (χ2n) is 4.63. The van der Waals surface area contributed by atoms with E-state index in [1.54, 1.807) is 37.4 Å². The molecule has 2 N–H and O–H groups in total. The maximum absolute atomic E-state index is 11.9. The maximum atomic E-state index is 11.9. The minimum atomic E-state index is -0.804. The van der Waals surface area contributed by atoms with Crippen molar-refractivity contribution in [3.05, 3.63) is 59.9 Å². The molecule has 6 nitrogen and oxygen atoms in total. The SMILES string of the molecule is Cc1ccccc1O[C@H](C)C(=O)O/N=C(/N)c1ccccn1. The van der Waals surface area contributed by atoms with Gasteiger partial charge in [-0.3, -0.25) is 4.98 Å². The van der Waals surface area contributed by atoms with Crippen LogP contribution in [0.1, 0.15) is 18.2 Å². The average Bonchev–Trinajstić information content (AvgIpc) is 2.55. The molecule has 2 rings (SSSR count). The van der Waals surface area contributed by atoms with Crippen LogP contribution in [-0.4, -0.2) is 22.9 Å². The Balaban J connectivity index is 1.96. The van der Waals surface area contributed by atoms with E-state index in [2.05, 4.69) is 10.1 Å². The zero-order valence-electron chi connectivity index (χ0n) is 12.4. The molecule has 1 aromatic carbocycles. The molecule has 0 aliphatic heterocycles. The monoisotopic (exact) mass is 299 g/mol. The van der Waals surface area contributed by atoms with Crippen molar-refractivity contribution in [2.45, 2.75) is 20.0 Å². The summed E-state index contributed by atoms with van der Waals surface area (Å²) < 4.78 is 5.54. The summed E-state index contributed by atoms with van der Waals surface area (Å²) in [6, 6.07) is 12.6. The standard InChI is InChI=1S/C16H17N3O3/c1-11-7-3-4-9-14(11)21-12(2)16(20)22-19-15(17)13-8-5-6-10-18-13/h3-10,12H,1-2H3,(H2,17,19)/t12-/m1/s1. The Kier molecular flexibility index (Phi) is 5.08. The number of hydrogen-bond acceptors (Lipinski definition) is 5. The van der Waals surface area contributed by atoms with E-state index in [4.69, 9.17) is 15.3 Å². The van der Waals surface area contributed by atoms with Crippen LogP contribution >= 0.6 is 0 Å². The summed E-state index contributed by atoms with van der Waals surface area (Å²) in [6.07, 6.45) is 0.769. The van der Waals surface area contributed by atoms with E-state index in [9.17, 15) is 4.79 Å². The number of pyridine rings is 1. The number of amidine groups is 1. The van der Waals surface area contributed by atoms with Crippen LogP contribution in [0.4, 0.5) is 0 Å². The second kappa shape index (κ2) is 7.21. The number of aryl methyl sites for hydroxylation is 1. The highest BCUT2D eigenvalue weighted by Gasteiger charge is 2.18. The molecule has 0 aliphatic carbocycles. The topological polar surface area (TPSA) is 86.8 Å². The van der Waals surface area contributed by atoms with Gasteiger partial charge in [-0.05, 0) is 37.6 Å². The first kappa shape index (κ1) is 15.5. The highest BCUT2D eigenvalue weighted by Crippen LogP contribution is 2.18. The summed E-state index contributed by atoms with van der Waals surface area (Å²) in [6.45, 7) is 3.48. The van der Waals surface area contributed by atoms with Crippen LogP contribution < -0.4 is 10.5 Å². The minimum absolute atomic E-state index is 0.0250. The molecule has 0 bridgehead atoms. The number of carbonyl (C=O) groups is 1. The first-order valence-electron chi connectivity index (χ1n) is 6.76. The van der Waals surface area contributed by atoms with Crippen molar-refractivity contribution in [1.29, 1.82) is 0 Å². The van der Waals surface area contributed by atoms with Gasteiger partial charge in [0, 0.05) is 6.20 Å². The van der Waals surface area contributed by atoms with Gasteiger partial charge in [-0.15, -0.1) is 0 Å². The number of benzene rings is 1. The van der Waals surface area contributed by atoms with E-state index in [1.165, 1.54) is 0 Å². The van der Waals surface area contributed by atoms with Crippen LogP contribution in [0.3, 0.4) is 0 Å². The molecule has 0 saturated heterocycles. The molecular formula is C16H17N3O3. The zero-order valence-corrected chi connectivity index (χ0v) is 12.4. The average molecular weight is 299 g/mol. The molecule has 2 aromatic rings. The molecule has 1 atom stereocenters. The lowest BCUT2D eigenvalue weighted by Crippen LogP contribution is -2.26. The van der Waals surface area contributed by atoms with Gasteiger partial charge in [0.05, 0.1) is 0 Å². The van der Waals surface area contributed by atoms with E-state index in [0.717, 1.165) is 5.56 Å². The molecule has 0 saturated carbocycles. The summed E-state index contributed by atoms with van der Waals surface area (Å²) in [4.78, 5) is 20.7. The highest BCUT2D eigenvalue weighted by molar-refractivity contribution is 5.95. The molecular weight excluding hydrogens is 282 g/mol. The number of para-hydroxylation sites is 1. The van der Waals surface area contributed by atoms with Gasteiger partial charge in [0.25, 0.3) is 0 Å². The molecule has 0 aliphatic rings. The number of carbonyl (C=O) groups excluding carboxylic acids is 1. The first-order chi connectivity index (χ1) is 10.6. The Morgan fingerprint density at radius 3 is 2.64 bits per heavy atom. The number of ether oxygens (including phenoxy) is 1. The van der Waals surface area contributed by atoms with Crippen molar-refractivity contribution in [3.8, 4) is 5.75 Å². The lowest BCUT2D eigenvalue weighted by atomic mass is 10.2. The zero-order chi connectivity index (χ0) is 15.9. The van der Waals surface area contributed by atoms with Crippen LogP contribution in [0.2, 0.25) is 0 Å². The third-order valence-corrected chi connectivity index (χ3v) is 2.89. The normalized spacial score (nSPS) is 12.5. The molecule has 22 heavy (non-hydrogen) atoms. The van der Waals surface area contributed by atoms with Crippen molar-refractivity contribution in [3.63, 3.8) is 0 Å². The summed E-state index contributed by atoms with van der Waals surface area (Å²) in [7, 11) is 0. The van der Waals surface area contributed by atoms with Crippen LogP contribution in [0, 0.1) is 6.92 Å². The van der Waals surface area contributed by atoms with Crippen LogP contribution in [-0.2, 0) is 9.63 Å². The Bertz CT molecular complexity index is 671. The third kappa shape index (κ3) is 4.05. The Hall–Kier alpha value is -2.89. The predicted octanol–water partition coefficient (Wildman–Crippen LogP) is 2.02. The van der Waals surface area contributed by atoms with Gasteiger partial charge >= 0.3 is 5.97 Å². The first-order valence-corrected chi connectivity index (χ1v) is 6.76. The summed E-state index contributed by atoms with van der Waals surface area (Å²) in [5.41, 5.74) is 7.05. The molecule has 0 unspecified atom stereocenters. The molecule has 1 heterocycles. The number of hydrogen-bond donors (Lipinski definition) is 1. The smallest absolute Gasteiger partial charge is 0.374 e. The quantitative estimate of drug-likeness (QED) is 0.395. The fourth-order valence-corrected chi connectivity index (χ4v) is 1.66. The van der Waals surface area contributed by atoms with Crippen molar-refractivity contribution in [1.82, 2.24) is 4.98 Å². The molecule has 0 spiro atoms. The second-order valence-corrected chi connectivity index (χ2v) is 4.63. The Morgan fingerprint density at radius 1 is 1.23 bits per heavy atom. The molecule has 0 radical (unpaired) electrons. The van der Waals surface area contributed by atoms with Crippen LogP contribution in [0.5, 0.6) is 5.75 Å². The van der Waals surface area contributed by atoms with Gasteiger partial charge in [-0.25, -0.2) is 4.79 Å². The van der Waals surface area contributed by atoms with E-state index in [1.807, 2.05) is 25.1 Å². The maximum Gasteiger partial charge on any atom is 0.374 e. The lowest BCUT2D eigenvalue weighted by molar-refractivity contribution is -0.151. The van der Waals surface area contributed by atoms with E-state index >= 15 is 0 Å². The number of oxime groups is 1. The number of rotatable bonds is 5. The number of nitrogens with two attached hydrogens (primary N) is 1. The Labute approximate surface area is 128 Å². The summed E-state index contributed by atoms with van der Waals surface area (Å²) >= 11 is 0. The van der Waals surface area contributed by atoms with Crippen molar-refractivity contribution in [2.24, 2.45) is 10.9 Å². The molecule has 1 aromatic heterocycles. The fourth-order valence-electron chi connectivity index (χ4n) is 1.66.